The summed E-state index contributed by atoms with van der Waals surface area (Å²) in [6, 6.07) is 11.7. The molecule has 1 saturated heterocycles. The van der Waals surface area contributed by atoms with Crippen LogP contribution in [-0.2, 0) is 19.1 Å². The second-order valence-corrected chi connectivity index (χ2v) is 7.11. The van der Waals surface area contributed by atoms with Crippen LogP contribution < -0.4 is 15.8 Å². The van der Waals surface area contributed by atoms with E-state index in [0.717, 1.165) is 16.1 Å². The maximum atomic E-state index is 12.4. The number of ether oxygens (including phenoxy) is 1. The Morgan fingerprint density at radius 2 is 1.67 bits per heavy atom. The monoisotopic (exact) mass is 409 g/mol. The third-order valence-electron chi connectivity index (χ3n) is 4.80. The van der Waals surface area contributed by atoms with E-state index in [4.69, 9.17) is 4.74 Å². The van der Waals surface area contributed by atoms with Gasteiger partial charge in [-0.05, 0) is 56.2 Å². The number of carbonyl (C=O) groups excluding carboxylic acids is 4. The maximum absolute atomic E-state index is 12.4. The number of benzene rings is 2. The summed E-state index contributed by atoms with van der Waals surface area (Å²) in [6.45, 7) is 5.27. The molecular formula is C22H23N3O5. The Hall–Kier alpha value is -3.68. The molecule has 0 radical (unpaired) electrons. The molecule has 8 heteroatoms. The predicted molar refractivity (Wildman–Crippen MR) is 111 cm³/mol. The minimum Gasteiger partial charge on any atom is -0.449 e. The summed E-state index contributed by atoms with van der Waals surface area (Å²) >= 11 is 0. The van der Waals surface area contributed by atoms with Gasteiger partial charge in [-0.3, -0.25) is 19.8 Å². The summed E-state index contributed by atoms with van der Waals surface area (Å²) in [7, 11) is 0. The van der Waals surface area contributed by atoms with Crippen molar-refractivity contribution in [1.29, 1.82) is 0 Å². The highest BCUT2D eigenvalue weighted by Crippen LogP contribution is 2.21. The normalized spacial score (nSPS) is 14.7. The molecule has 0 aliphatic carbocycles. The number of esters is 1. The van der Waals surface area contributed by atoms with Gasteiger partial charge in [0.15, 0.2) is 6.10 Å². The van der Waals surface area contributed by atoms with E-state index in [-0.39, 0.29) is 30.2 Å². The predicted octanol–water partition coefficient (Wildman–Crippen LogP) is 2.65. The quantitative estimate of drug-likeness (QED) is 0.739. The Morgan fingerprint density at radius 3 is 2.30 bits per heavy atom. The summed E-state index contributed by atoms with van der Waals surface area (Å²) in [5.41, 5.74) is 5.67. The van der Waals surface area contributed by atoms with Crippen molar-refractivity contribution in [3.8, 4) is 0 Å². The van der Waals surface area contributed by atoms with Gasteiger partial charge in [-0.1, -0.05) is 18.2 Å². The Morgan fingerprint density at radius 1 is 1.03 bits per heavy atom. The molecule has 0 bridgehead atoms. The van der Waals surface area contributed by atoms with Crippen molar-refractivity contribution >= 4 is 35.1 Å². The largest absolute Gasteiger partial charge is 0.449 e. The lowest BCUT2D eigenvalue weighted by atomic mass is 10.1. The van der Waals surface area contributed by atoms with Crippen LogP contribution in [0.5, 0.6) is 0 Å². The van der Waals surface area contributed by atoms with E-state index in [1.807, 2.05) is 32.0 Å². The number of aryl methyl sites for hydroxylation is 2. The van der Waals surface area contributed by atoms with E-state index in [0.29, 0.717) is 11.4 Å². The van der Waals surface area contributed by atoms with Crippen molar-refractivity contribution in [2.24, 2.45) is 0 Å². The lowest BCUT2D eigenvalue weighted by Crippen LogP contribution is -2.50. The van der Waals surface area contributed by atoms with Gasteiger partial charge in [-0.25, -0.2) is 9.80 Å². The topological polar surface area (TPSA) is 105 Å². The Bertz CT molecular complexity index is 980. The molecule has 2 aromatic carbocycles. The van der Waals surface area contributed by atoms with Crippen molar-refractivity contribution in [2.45, 2.75) is 39.7 Å². The molecule has 1 fully saturated rings. The molecule has 3 rings (SSSR count). The zero-order chi connectivity index (χ0) is 21.8. The van der Waals surface area contributed by atoms with Gasteiger partial charge in [0.05, 0.1) is 11.3 Å². The van der Waals surface area contributed by atoms with Gasteiger partial charge >= 0.3 is 5.97 Å². The summed E-state index contributed by atoms with van der Waals surface area (Å²) < 4.78 is 5.27. The first-order valence-corrected chi connectivity index (χ1v) is 9.57. The Labute approximate surface area is 174 Å². The minimum atomic E-state index is -1.00. The number of hydrazine groups is 1. The number of anilines is 2. The molecule has 3 amide bonds. The van der Waals surface area contributed by atoms with Crippen LogP contribution in [0.1, 0.15) is 41.3 Å². The summed E-state index contributed by atoms with van der Waals surface area (Å²) in [6.07, 6.45) is -0.719. The molecule has 1 heterocycles. The maximum Gasteiger partial charge on any atom is 0.338 e. The second-order valence-electron chi connectivity index (χ2n) is 7.11. The molecule has 1 aliphatic heterocycles. The standard InChI is InChI=1S/C22H23N3O5/c1-13-5-4-6-14(2)20(13)23-21(28)15(3)30-22(29)16-7-9-17(10-8-16)25-19(27)12-11-18(26)24-25/h4-10,15H,11-12H2,1-3H3,(H,23,28)(H,24,26). The van der Waals surface area contributed by atoms with Gasteiger partial charge < -0.3 is 10.1 Å². The average Bonchev–Trinajstić information content (AvgIpc) is 2.72. The molecule has 156 valence electrons. The van der Waals surface area contributed by atoms with E-state index in [9.17, 15) is 19.2 Å². The lowest BCUT2D eigenvalue weighted by Gasteiger charge is -2.27. The molecule has 0 spiro atoms. The average molecular weight is 409 g/mol. The SMILES string of the molecule is Cc1cccc(C)c1NC(=O)C(C)OC(=O)c1ccc(N2NC(=O)CCC2=O)cc1. The van der Waals surface area contributed by atoms with Crippen LogP contribution in [0.3, 0.4) is 0 Å². The van der Waals surface area contributed by atoms with Crippen LogP contribution in [0.4, 0.5) is 11.4 Å². The summed E-state index contributed by atoms with van der Waals surface area (Å²) in [4.78, 5) is 48.3. The highest BCUT2D eigenvalue weighted by atomic mass is 16.5. The third-order valence-corrected chi connectivity index (χ3v) is 4.80. The van der Waals surface area contributed by atoms with E-state index in [2.05, 4.69) is 10.7 Å². The van der Waals surface area contributed by atoms with Crippen molar-refractivity contribution < 1.29 is 23.9 Å². The zero-order valence-corrected chi connectivity index (χ0v) is 17.0. The van der Waals surface area contributed by atoms with Crippen LogP contribution in [0, 0.1) is 13.8 Å². The number of rotatable bonds is 5. The van der Waals surface area contributed by atoms with Crippen LogP contribution in [0.2, 0.25) is 0 Å². The fraction of sp³-hybridized carbons (Fsp3) is 0.273. The van der Waals surface area contributed by atoms with E-state index >= 15 is 0 Å². The van der Waals surface area contributed by atoms with Crippen molar-refractivity contribution in [2.75, 3.05) is 10.3 Å². The molecular weight excluding hydrogens is 386 g/mol. The first kappa shape index (κ1) is 21.0. The van der Waals surface area contributed by atoms with Gasteiger partial charge in [0.2, 0.25) is 11.8 Å². The molecule has 1 atom stereocenters. The zero-order valence-electron chi connectivity index (χ0n) is 17.0. The van der Waals surface area contributed by atoms with E-state index < -0.39 is 18.0 Å². The van der Waals surface area contributed by atoms with E-state index in [1.54, 1.807) is 0 Å². The highest BCUT2D eigenvalue weighted by molar-refractivity contribution is 6.02. The molecule has 0 aromatic heterocycles. The molecule has 8 nitrogen and oxygen atoms in total. The first-order chi connectivity index (χ1) is 14.3. The van der Waals surface area contributed by atoms with Crippen LogP contribution in [0.15, 0.2) is 42.5 Å². The summed E-state index contributed by atoms with van der Waals surface area (Å²) in [5.74, 6) is -1.58. The van der Waals surface area contributed by atoms with Crippen molar-refractivity contribution in [3.05, 3.63) is 59.2 Å². The van der Waals surface area contributed by atoms with Crippen LogP contribution in [-0.4, -0.2) is 29.8 Å². The third kappa shape index (κ3) is 4.65. The summed E-state index contributed by atoms with van der Waals surface area (Å²) in [5, 5.41) is 3.95. The molecule has 30 heavy (non-hydrogen) atoms. The fourth-order valence-electron chi connectivity index (χ4n) is 3.05. The van der Waals surface area contributed by atoms with Gasteiger partial charge in [0.1, 0.15) is 0 Å². The van der Waals surface area contributed by atoms with Gasteiger partial charge in [0.25, 0.3) is 5.91 Å². The Balaban J connectivity index is 1.63. The van der Waals surface area contributed by atoms with Crippen LogP contribution >= 0.6 is 0 Å². The van der Waals surface area contributed by atoms with Crippen molar-refractivity contribution in [1.82, 2.24) is 5.43 Å². The number of nitrogens with zero attached hydrogens (tertiary/aromatic N) is 1. The Kier molecular flexibility index (Phi) is 6.15. The number of carbonyl (C=O) groups is 4. The molecule has 1 aliphatic rings. The highest BCUT2D eigenvalue weighted by Gasteiger charge is 2.25. The first-order valence-electron chi connectivity index (χ1n) is 9.57. The van der Waals surface area contributed by atoms with Gasteiger partial charge in [0, 0.05) is 18.5 Å². The number of hydrogen-bond donors (Lipinski definition) is 2. The lowest BCUT2D eigenvalue weighted by molar-refractivity contribution is -0.130. The van der Waals surface area contributed by atoms with Gasteiger partial charge in [-0.2, -0.15) is 0 Å². The van der Waals surface area contributed by atoms with Crippen molar-refractivity contribution in [3.63, 3.8) is 0 Å². The molecule has 2 aromatic rings. The van der Waals surface area contributed by atoms with Crippen LogP contribution in [0.25, 0.3) is 0 Å². The fourth-order valence-corrected chi connectivity index (χ4v) is 3.05. The molecule has 1 unspecified atom stereocenters. The number of hydrogen-bond acceptors (Lipinski definition) is 5. The molecule has 0 saturated carbocycles. The molecule has 2 N–H and O–H groups in total. The number of nitrogens with one attached hydrogen (secondary N) is 2. The number of amides is 3. The number of para-hydroxylation sites is 1. The minimum absolute atomic E-state index is 0.128. The smallest absolute Gasteiger partial charge is 0.338 e. The van der Waals surface area contributed by atoms with Gasteiger partial charge in [-0.15, -0.1) is 0 Å². The second kappa shape index (κ2) is 8.77. The van der Waals surface area contributed by atoms with E-state index in [1.165, 1.54) is 31.2 Å².